The molecule has 144 valence electrons. The predicted octanol–water partition coefficient (Wildman–Crippen LogP) is 2.67. The molecular weight excluding hydrogens is 340 g/mol. The molecule has 2 heterocycles. The molecule has 1 aliphatic rings. The number of piperidine rings is 1. The highest BCUT2D eigenvalue weighted by atomic mass is 16.2. The molecule has 2 amide bonds. The van der Waals surface area contributed by atoms with Gasteiger partial charge < -0.3 is 14.8 Å². The number of amides is 2. The molecule has 1 aromatic carbocycles. The normalized spacial score (nSPS) is 14.8. The molecular formula is C21H28N4O2. The lowest BCUT2D eigenvalue weighted by Gasteiger charge is -2.27. The molecule has 0 atom stereocenters. The molecule has 3 rings (SSSR count). The van der Waals surface area contributed by atoms with E-state index in [9.17, 15) is 9.59 Å². The number of allylic oxidation sites excluding steroid dienone is 1. The summed E-state index contributed by atoms with van der Waals surface area (Å²) in [5, 5.41) is 2.86. The van der Waals surface area contributed by atoms with Crippen molar-refractivity contribution < 1.29 is 9.59 Å². The number of para-hydroxylation sites is 2. The van der Waals surface area contributed by atoms with Gasteiger partial charge in [0, 0.05) is 26.1 Å². The van der Waals surface area contributed by atoms with E-state index < -0.39 is 0 Å². The fourth-order valence-corrected chi connectivity index (χ4v) is 3.54. The van der Waals surface area contributed by atoms with Crippen molar-refractivity contribution in [1.29, 1.82) is 0 Å². The van der Waals surface area contributed by atoms with Gasteiger partial charge in [0.2, 0.25) is 11.8 Å². The first kappa shape index (κ1) is 19.1. The number of carbonyl (C=O) groups excluding carboxylic acids is 2. The number of carbonyl (C=O) groups is 2. The van der Waals surface area contributed by atoms with Crippen LogP contribution in [0, 0.1) is 0 Å². The Labute approximate surface area is 160 Å². The molecule has 0 spiro atoms. The molecule has 2 aromatic rings. The smallest absolute Gasteiger partial charge is 0.243 e. The van der Waals surface area contributed by atoms with Crippen molar-refractivity contribution in [2.75, 3.05) is 19.6 Å². The summed E-state index contributed by atoms with van der Waals surface area (Å²) in [6.45, 7) is 4.46. The van der Waals surface area contributed by atoms with Crippen LogP contribution in [0.5, 0.6) is 0 Å². The number of hydrogen-bond acceptors (Lipinski definition) is 3. The molecule has 1 fully saturated rings. The molecule has 0 bridgehead atoms. The van der Waals surface area contributed by atoms with Crippen LogP contribution in [0.1, 0.15) is 38.4 Å². The molecule has 1 aliphatic heterocycles. The molecule has 0 unspecified atom stereocenters. The SMILES string of the molecule is C/C=C\C(=O)NCCCc1nc2ccccc2n1CC(=O)N1CCCCC1. The van der Waals surface area contributed by atoms with E-state index in [2.05, 4.69) is 5.32 Å². The Morgan fingerprint density at radius 3 is 2.74 bits per heavy atom. The second-order valence-electron chi connectivity index (χ2n) is 6.94. The Morgan fingerprint density at radius 1 is 1.19 bits per heavy atom. The van der Waals surface area contributed by atoms with Crippen LogP contribution in [0.25, 0.3) is 11.0 Å². The lowest BCUT2D eigenvalue weighted by molar-refractivity contribution is -0.132. The zero-order valence-corrected chi connectivity index (χ0v) is 16.0. The molecule has 0 aliphatic carbocycles. The maximum atomic E-state index is 12.8. The number of aryl methyl sites for hydroxylation is 1. The van der Waals surface area contributed by atoms with Gasteiger partial charge in [0.15, 0.2) is 0 Å². The highest BCUT2D eigenvalue weighted by molar-refractivity contribution is 5.87. The zero-order valence-electron chi connectivity index (χ0n) is 16.0. The third-order valence-corrected chi connectivity index (χ3v) is 4.93. The summed E-state index contributed by atoms with van der Waals surface area (Å²) in [4.78, 5) is 31.0. The zero-order chi connectivity index (χ0) is 19.1. The quantitative estimate of drug-likeness (QED) is 0.603. The van der Waals surface area contributed by atoms with Gasteiger partial charge in [0.05, 0.1) is 11.0 Å². The van der Waals surface area contributed by atoms with E-state index in [1.807, 2.05) is 40.7 Å². The number of benzene rings is 1. The average Bonchev–Trinajstić information content (AvgIpc) is 3.03. The summed E-state index contributed by atoms with van der Waals surface area (Å²) >= 11 is 0. The molecule has 1 saturated heterocycles. The molecule has 6 heteroatoms. The number of imidazole rings is 1. The van der Waals surface area contributed by atoms with Crippen LogP contribution >= 0.6 is 0 Å². The Hall–Kier alpha value is -2.63. The third kappa shape index (κ3) is 4.96. The summed E-state index contributed by atoms with van der Waals surface area (Å²) in [6, 6.07) is 7.94. The Morgan fingerprint density at radius 2 is 1.96 bits per heavy atom. The van der Waals surface area contributed by atoms with Crippen LogP contribution in [-0.4, -0.2) is 45.9 Å². The number of rotatable bonds is 7. The summed E-state index contributed by atoms with van der Waals surface area (Å²) in [7, 11) is 0. The van der Waals surface area contributed by atoms with Gasteiger partial charge in [-0.25, -0.2) is 4.98 Å². The molecule has 0 saturated carbocycles. The van der Waals surface area contributed by atoms with Crippen LogP contribution in [0.4, 0.5) is 0 Å². The fourth-order valence-electron chi connectivity index (χ4n) is 3.54. The van der Waals surface area contributed by atoms with E-state index >= 15 is 0 Å². The van der Waals surface area contributed by atoms with Crippen molar-refractivity contribution >= 4 is 22.8 Å². The second-order valence-corrected chi connectivity index (χ2v) is 6.94. The summed E-state index contributed by atoms with van der Waals surface area (Å²) < 4.78 is 2.04. The maximum absolute atomic E-state index is 12.8. The van der Waals surface area contributed by atoms with Gasteiger partial charge in [0.1, 0.15) is 12.4 Å². The highest BCUT2D eigenvalue weighted by Gasteiger charge is 2.19. The van der Waals surface area contributed by atoms with Crippen molar-refractivity contribution in [2.45, 2.75) is 45.6 Å². The van der Waals surface area contributed by atoms with E-state index in [1.165, 1.54) is 12.5 Å². The minimum atomic E-state index is -0.0775. The Kier molecular flexibility index (Phi) is 6.63. The lowest BCUT2D eigenvalue weighted by atomic mass is 10.1. The van der Waals surface area contributed by atoms with Gasteiger partial charge in [-0.05, 0) is 50.8 Å². The van der Waals surface area contributed by atoms with E-state index in [4.69, 9.17) is 4.98 Å². The number of hydrogen-bond donors (Lipinski definition) is 1. The first-order valence-electron chi connectivity index (χ1n) is 9.81. The van der Waals surface area contributed by atoms with Crippen LogP contribution < -0.4 is 5.32 Å². The van der Waals surface area contributed by atoms with Crippen LogP contribution in [0.2, 0.25) is 0 Å². The molecule has 1 aromatic heterocycles. The molecule has 1 N–H and O–H groups in total. The predicted molar refractivity (Wildman–Crippen MR) is 106 cm³/mol. The van der Waals surface area contributed by atoms with Crippen molar-refractivity contribution in [3.05, 3.63) is 42.2 Å². The number of aromatic nitrogens is 2. The van der Waals surface area contributed by atoms with Crippen molar-refractivity contribution in [1.82, 2.24) is 19.8 Å². The standard InChI is InChI=1S/C21H28N4O2/c1-2-9-20(26)22-13-8-12-19-23-17-10-4-5-11-18(17)25(19)16-21(27)24-14-6-3-7-15-24/h2,4-5,9-11H,3,6-8,12-16H2,1H3,(H,22,26)/b9-2-. The Bertz CT molecular complexity index is 819. The van der Waals surface area contributed by atoms with Gasteiger partial charge >= 0.3 is 0 Å². The van der Waals surface area contributed by atoms with E-state index in [1.54, 1.807) is 6.08 Å². The summed E-state index contributed by atoms with van der Waals surface area (Å²) in [5.41, 5.74) is 1.91. The molecule has 6 nitrogen and oxygen atoms in total. The van der Waals surface area contributed by atoms with Crippen molar-refractivity contribution in [3.63, 3.8) is 0 Å². The summed E-state index contributed by atoms with van der Waals surface area (Å²) in [6.07, 6.45) is 8.14. The number of likely N-dealkylation sites (tertiary alicyclic amines) is 1. The van der Waals surface area contributed by atoms with Crippen LogP contribution in [0.15, 0.2) is 36.4 Å². The van der Waals surface area contributed by atoms with Crippen LogP contribution in [0.3, 0.4) is 0 Å². The van der Waals surface area contributed by atoms with Crippen molar-refractivity contribution in [2.24, 2.45) is 0 Å². The van der Waals surface area contributed by atoms with Gasteiger partial charge in [-0.15, -0.1) is 0 Å². The number of nitrogens with one attached hydrogen (secondary N) is 1. The van der Waals surface area contributed by atoms with Gasteiger partial charge in [-0.1, -0.05) is 18.2 Å². The van der Waals surface area contributed by atoms with E-state index in [-0.39, 0.29) is 11.8 Å². The largest absolute Gasteiger partial charge is 0.353 e. The minimum Gasteiger partial charge on any atom is -0.353 e. The monoisotopic (exact) mass is 368 g/mol. The average molecular weight is 368 g/mol. The minimum absolute atomic E-state index is 0.0775. The van der Waals surface area contributed by atoms with Gasteiger partial charge in [0.25, 0.3) is 0 Å². The van der Waals surface area contributed by atoms with Gasteiger partial charge in [-0.2, -0.15) is 0 Å². The second kappa shape index (κ2) is 9.35. The third-order valence-electron chi connectivity index (χ3n) is 4.93. The van der Waals surface area contributed by atoms with Gasteiger partial charge in [-0.3, -0.25) is 9.59 Å². The molecule has 0 radical (unpaired) electrons. The fraction of sp³-hybridized carbons (Fsp3) is 0.476. The first-order valence-corrected chi connectivity index (χ1v) is 9.81. The maximum Gasteiger partial charge on any atom is 0.243 e. The van der Waals surface area contributed by atoms with E-state index in [0.29, 0.717) is 13.1 Å². The topological polar surface area (TPSA) is 67.2 Å². The molecule has 27 heavy (non-hydrogen) atoms. The summed E-state index contributed by atoms with van der Waals surface area (Å²) in [5.74, 6) is 0.994. The number of fused-ring (bicyclic) bond motifs is 1. The van der Waals surface area contributed by atoms with E-state index in [0.717, 1.165) is 55.6 Å². The van der Waals surface area contributed by atoms with Crippen LogP contribution in [-0.2, 0) is 22.6 Å². The highest BCUT2D eigenvalue weighted by Crippen LogP contribution is 2.18. The Balaban J connectivity index is 1.69. The first-order chi connectivity index (χ1) is 13.2. The number of nitrogens with zero attached hydrogens (tertiary/aromatic N) is 3. The van der Waals surface area contributed by atoms with Crippen molar-refractivity contribution in [3.8, 4) is 0 Å². The lowest BCUT2D eigenvalue weighted by Crippen LogP contribution is -2.38.